The van der Waals surface area contributed by atoms with Gasteiger partial charge in [-0.1, -0.05) is 29.8 Å². The topological polar surface area (TPSA) is 71.1 Å². The Morgan fingerprint density at radius 1 is 1.16 bits per heavy atom. The van der Waals surface area contributed by atoms with Crippen LogP contribution in [0, 0.1) is 0 Å². The summed E-state index contributed by atoms with van der Waals surface area (Å²) in [4.78, 5) is 29.2. The van der Waals surface area contributed by atoms with E-state index in [-0.39, 0.29) is 11.8 Å². The SMILES string of the molecule is CC(NC(=O)c1cccs1)C(=O)Nc1nc(-c2ccc(Cl)cc2)cs1. The van der Waals surface area contributed by atoms with Gasteiger partial charge in [-0.05, 0) is 30.5 Å². The van der Waals surface area contributed by atoms with Crippen molar-refractivity contribution in [3.05, 3.63) is 57.1 Å². The van der Waals surface area contributed by atoms with Crippen LogP contribution in [0.3, 0.4) is 0 Å². The first-order valence-electron chi connectivity index (χ1n) is 7.39. The van der Waals surface area contributed by atoms with Gasteiger partial charge in [0.25, 0.3) is 5.91 Å². The van der Waals surface area contributed by atoms with Crippen LogP contribution in [0.1, 0.15) is 16.6 Å². The average Bonchev–Trinajstić information content (AvgIpc) is 3.27. The van der Waals surface area contributed by atoms with Gasteiger partial charge in [0.1, 0.15) is 6.04 Å². The lowest BCUT2D eigenvalue weighted by atomic mass is 10.2. The number of nitrogens with one attached hydrogen (secondary N) is 2. The Bertz CT molecular complexity index is 876. The smallest absolute Gasteiger partial charge is 0.261 e. The Kier molecular flexibility index (Phi) is 5.47. The number of carbonyl (C=O) groups is 2. The summed E-state index contributed by atoms with van der Waals surface area (Å²) < 4.78 is 0. The fourth-order valence-electron chi connectivity index (χ4n) is 2.04. The van der Waals surface area contributed by atoms with Crippen LogP contribution in [0.25, 0.3) is 11.3 Å². The number of benzene rings is 1. The molecule has 25 heavy (non-hydrogen) atoms. The van der Waals surface area contributed by atoms with Crippen molar-refractivity contribution < 1.29 is 9.59 Å². The summed E-state index contributed by atoms with van der Waals surface area (Å²) in [7, 11) is 0. The maximum absolute atomic E-state index is 12.2. The minimum absolute atomic E-state index is 0.265. The number of hydrogen-bond donors (Lipinski definition) is 2. The molecule has 0 radical (unpaired) electrons. The summed E-state index contributed by atoms with van der Waals surface area (Å²) in [5.41, 5.74) is 1.67. The molecule has 2 N–H and O–H groups in total. The van der Waals surface area contributed by atoms with Gasteiger partial charge < -0.3 is 10.6 Å². The Hall–Kier alpha value is -2.22. The maximum Gasteiger partial charge on any atom is 0.261 e. The van der Waals surface area contributed by atoms with Crippen molar-refractivity contribution in [1.29, 1.82) is 0 Å². The average molecular weight is 392 g/mol. The highest BCUT2D eigenvalue weighted by atomic mass is 35.5. The molecule has 1 aromatic carbocycles. The van der Waals surface area contributed by atoms with Gasteiger partial charge in [0.15, 0.2) is 5.13 Å². The monoisotopic (exact) mass is 391 g/mol. The molecule has 2 aromatic heterocycles. The lowest BCUT2D eigenvalue weighted by Gasteiger charge is -2.12. The van der Waals surface area contributed by atoms with Gasteiger partial charge in [0.2, 0.25) is 5.91 Å². The number of aromatic nitrogens is 1. The predicted octanol–water partition coefficient (Wildman–Crippen LogP) is 4.28. The normalized spacial score (nSPS) is 11.8. The van der Waals surface area contributed by atoms with Crippen LogP contribution in [-0.2, 0) is 4.79 Å². The van der Waals surface area contributed by atoms with E-state index < -0.39 is 6.04 Å². The van der Waals surface area contributed by atoms with Crippen LogP contribution in [0.15, 0.2) is 47.2 Å². The van der Waals surface area contributed by atoms with E-state index in [0.29, 0.717) is 15.0 Å². The van der Waals surface area contributed by atoms with Gasteiger partial charge in [0, 0.05) is 16.0 Å². The van der Waals surface area contributed by atoms with Gasteiger partial charge in [-0.25, -0.2) is 4.98 Å². The van der Waals surface area contributed by atoms with Crippen LogP contribution in [0.5, 0.6) is 0 Å². The minimum Gasteiger partial charge on any atom is -0.340 e. The zero-order chi connectivity index (χ0) is 17.8. The van der Waals surface area contributed by atoms with Gasteiger partial charge in [0.05, 0.1) is 10.6 Å². The standard InChI is InChI=1S/C17H14ClN3O2S2/c1-10(19-16(23)14-3-2-8-24-14)15(22)21-17-20-13(9-25-17)11-4-6-12(18)7-5-11/h2-10H,1H3,(H,19,23)(H,20,21,22). The molecule has 8 heteroatoms. The van der Waals surface area contributed by atoms with Gasteiger partial charge in [-0.3, -0.25) is 9.59 Å². The van der Waals surface area contributed by atoms with Crippen LogP contribution < -0.4 is 10.6 Å². The van der Waals surface area contributed by atoms with Crippen molar-refractivity contribution in [3.8, 4) is 11.3 Å². The van der Waals surface area contributed by atoms with Crippen molar-refractivity contribution in [1.82, 2.24) is 10.3 Å². The zero-order valence-corrected chi connectivity index (χ0v) is 15.5. The number of halogens is 1. The molecule has 128 valence electrons. The molecule has 5 nitrogen and oxygen atoms in total. The van der Waals surface area contributed by atoms with E-state index in [1.165, 1.54) is 22.7 Å². The lowest BCUT2D eigenvalue weighted by molar-refractivity contribution is -0.117. The lowest BCUT2D eigenvalue weighted by Crippen LogP contribution is -2.41. The van der Waals surface area contributed by atoms with E-state index in [0.717, 1.165) is 11.3 Å². The Balaban J connectivity index is 1.61. The first kappa shape index (κ1) is 17.6. The Labute approximate surface area is 157 Å². The maximum atomic E-state index is 12.2. The molecular weight excluding hydrogens is 378 g/mol. The molecule has 1 atom stereocenters. The fraction of sp³-hybridized carbons (Fsp3) is 0.118. The second-order valence-electron chi connectivity index (χ2n) is 5.21. The largest absolute Gasteiger partial charge is 0.340 e. The highest BCUT2D eigenvalue weighted by Gasteiger charge is 2.18. The summed E-state index contributed by atoms with van der Waals surface area (Å²) in [5.74, 6) is -0.583. The van der Waals surface area contributed by atoms with Crippen molar-refractivity contribution in [2.24, 2.45) is 0 Å². The molecule has 0 saturated carbocycles. The summed E-state index contributed by atoms with van der Waals surface area (Å²) in [6.07, 6.45) is 0. The molecule has 0 bridgehead atoms. The summed E-state index contributed by atoms with van der Waals surface area (Å²) in [5, 5.41) is 10.2. The fourth-order valence-corrected chi connectivity index (χ4v) is 3.51. The number of hydrogen-bond acceptors (Lipinski definition) is 5. The zero-order valence-electron chi connectivity index (χ0n) is 13.2. The van der Waals surface area contributed by atoms with E-state index in [1.54, 1.807) is 31.2 Å². The molecule has 0 fully saturated rings. The quantitative estimate of drug-likeness (QED) is 0.681. The van der Waals surface area contributed by atoms with Crippen molar-refractivity contribution >= 4 is 51.2 Å². The number of thiophene rings is 1. The molecule has 2 amide bonds. The second kappa shape index (κ2) is 7.77. The third-order valence-electron chi connectivity index (χ3n) is 3.36. The van der Waals surface area contributed by atoms with E-state index in [4.69, 9.17) is 11.6 Å². The van der Waals surface area contributed by atoms with Gasteiger partial charge in [-0.15, -0.1) is 22.7 Å². The first-order chi connectivity index (χ1) is 12.0. The van der Waals surface area contributed by atoms with Crippen LogP contribution in [0.4, 0.5) is 5.13 Å². The molecule has 0 aliphatic rings. The summed E-state index contributed by atoms with van der Waals surface area (Å²) in [6.45, 7) is 1.63. The van der Waals surface area contributed by atoms with E-state index in [9.17, 15) is 9.59 Å². The van der Waals surface area contributed by atoms with E-state index in [2.05, 4.69) is 15.6 Å². The number of anilines is 1. The Morgan fingerprint density at radius 2 is 1.92 bits per heavy atom. The molecule has 3 aromatic rings. The first-order valence-corrected chi connectivity index (χ1v) is 9.53. The van der Waals surface area contributed by atoms with Crippen LogP contribution >= 0.6 is 34.3 Å². The molecule has 0 aliphatic carbocycles. The number of amides is 2. The van der Waals surface area contributed by atoms with Crippen molar-refractivity contribution in [3.63, 3.8) is 0 Å². The Morgan fingerprint density at radius 3 is 2.60 bits per heavy atom. The molecule has 0 spiro atoms. The third-order valence-corrected chi connectivity index (χ3v) is 5.24. The molecule has 3 rings (SSSR count). The van der Waals surface area contributed by atoms with E-state index in [1.807, 2.05) is 22.9 Å². The highest BCUT2D eigenvalue weighted by molar-refractivity contribution is 7.14. The minimum atomic E-state index is -0.669. The van der Waals surface area contributed by atoms with E-state index >= 15 is 0 Å². The van der Waals surface area contributed by atoms with Crippen LogP contribution in [-0.4, -0.2) is 22.8 Å². The number of nitrogens with zero attached hydrogens (tertiary/aromatic N) is 1. The van der Waals surface area contributed by atoms with Gasteiger partial charge in [-0.2, -0.15) is 0 Å². The molecular formula is C17H14ClN3O2S2. The second-order valence-corrected chi connectivity index (χ2v) is 7.45. The number of rotatable bonds is 5. The third kappa shape index (κ3) is 4.45. The molecule has 0 aliphatic heterocycles. The molecule has 2 heterocycles. The molecule has 0 saturated heterocycles. The highest BCUT2D eigenvalue weighted by Crippen LogP contribution is 2.26. The van der Waals surface area contributed by atoms with Crippen molar-refractivity contribution in [2.75, 3.05) is 5.32 Å². The van der Waals surface area contributed by atoms with Crippen molar-refractivity contribution in [2.45, 2.75) is 13.0 Å². The molecule has 1 unspecified atom stereocenters. The van der Waals surface area contributed by atoms with Gasteiger partial charge >= 0.3 is 0 Å². The summed E-state index contributed by atoms with van der Waals surface area (Å²) >= 11 is 8.53. The van der Waals surface area contributed by atoms with Crippen LogP contribution in [0.2, 0.25) is 5.02 Å². The predicted molar refractivity (Wildman–Crippen MR) is 102 cm³/mol. The number of carbonyl (C=O) groups excluding carboxylic acids is 2. The summed E-state index contributed by atoms with van der Waals surface area (Å²) in [6, 6.07) is 10.1. The number of thiazole rings is 1.